The van der Waals surface area contributed by atoms with Crippen LogP contribution in [-0.2, 0) is 0 Å². The first-order valence-corrected chi connectivity index (χ1v) is 6.86. The van der Waals surface area contributed by atoms with Gasteiger partial charge in [-0.05, 0) is 44.4 Å². The minimum atomic E-state index is 0.463. The summed E-state index contributed by atoms with van der Waals surface area (Å²) >= 11 is 0. The van der Waals surface area contributed by atoms with E-state index in [2.05, 4.69) is 11.9 Å². The second-order valence-electron chi connectivity index (χ2n) is 5.37. The molecule has 0 unspecified atom stereocenters. The standard InChI is InChI=1S/C15H24N2O/c1-17(12-13-10-14(16)11-13)8-5-9-18-15-6-3-2-4-7-15/h2-4,6-7,13-14H,5,8-12,16H2,1H3. The van der Waals surface area contributed by atoms with Crippen LogP contribution in [0.3, 0.4) is 0 Å². The highest BCUT2D eigenvalue weighted by Crippen LogP contribution is 2.25. The fourth-order valence-corrected chi connectivity index (χ4v) is 2.51. The molecule has 18 heavy (non-hydrogen) atoms. The van der Waals surface area contributed by atoms with Crippen LogP contribution in [0.25, 0.3) is 0 Å². The second kappa shape index (κ2) is 6.76. The van der Waals surface area contributed by atoms with E-state index in [1.807, 2.05) is 30.3 Å². The van der Waals surface area contributed by atoms with Crippen molar-refractivity contribution in [3.63, 3.8) is 0 Å². The predicted octanol–water partition coefficient (Wildman–Crippen LogP) is 2.12. The Bertz CT molecular complexity index is 336. The molecular weight excluding hydrogens is 224 g/mol. The zero-order valence-corrected chi connectivity index (χ0v) is 11.2. The normalized spacial score (nSPS) is 22.8. The number of rotatable bonds is 7. The summed E-state index contributed by atoms with van der Waals surface area (Å²) in [6, 6.07) is 10.5. The molecule has 2 N–H and O–H groups in total. The highest BCUT2D eigenvalue weighted by Gasteiger charge is 2.26. The Kier molecular flexibility index (Phi) is 5.02. The maximum Gasteiger partial charge on any atom is 0.119 e. The molecule has 1 aliphatic rings. The molecule has 0 atom stereocenters. The maximum atomic E-state index is 5.79. The lowest BCUT2D eigenvalue weighted by atomic mass is 9.80. The summed E-state index contributed by atoms with van der Waals surface area (Å²) in [6.07, 6.45) is 3.47. The molecule has 0 heterocycles. The van der Waals surface area contributed by atoms with Gasteiger partial charge in [0.2, 0.25) is 0 Å². The third-order valence-electron chi connectivity index (χ3n) is 3.54. The van der Waals surface area contributed by atoms with Crippen molar-refractivity contribution in [1.82, 2.24) is 4.90 Å². The van der Waals surface area contributed by atoms with E-state index in [4.69, 9.17) is 10.5 Å². The quantitative estimate of drug-likeness (QED) is 0.751. The van der Waals surface area contributed by atoms with Gasteiger partial charge in [0.05, 0.1) is 6.61 Å². The smallest absolute Gasteiger partial charge is 0.119 e. The highest BCUT2D eigenvalue weighted by molar-refractivity contribution is 5.20. The molecule has 3 heteroatoms. The van der Waals surface area contributed by atoms with Crippen molar-refractivity contribution >= 4 is 0 Å². The molecule has 0 aliphatic heterocycles. The van der Waals surface area contributed by atoms with Crippen molar-refractivity contribution < 1.29 is 4.74 Å². The van der Waals surface area contributed by atoms with Crippen LogP contribution in [0.1, 0.15) is 19.3 Å². The number of hydrogen-bond donors (Lipinski definition) is 1. The number of nitrogens with two attached hydrogens (primary N) is 1. The summed E-state index contributed by atoms with van der Waals surface area (Å²) in [7, 11) is 2.19. The molecule has 1 aromatic rings. The van der Waals surface area contributed by atoms with Gasteiger partial charge in [-0.25, -0.2) is 0 Å². The summed E-state index contributed by atoms with van der Waals surface area (Å²) in [5.74, 6) is 1.78. The molecule has 3 nitrogen and oxygen atoms in total. The minimum absolute atomic E-state index is 0.463. The Morgan fingerprint density at radius 2 is 2.00 bits per heavy atom. The van der Waals surface area contributed by atoms with Crippen LogP contribution in [0.5, 0.6) is 5.75 Å². The Morgan fingerprint density at radius 1 is 1.28 bits per heavy atom. The maximum absolute atomic E-state index is 5.79. The Morgan fingerprint density at radius 3 is 2.67 bits per heavy atom. The van der Waals surface area contributed by atoms with Gasteiger partial charge in [-0.2, -0.15) is 0 Å². The fraction of sp³-hybridized carbons (Fsp3) is 0.600. The topological polar surface area (TPSA) is 38.5 Å². The van der Waals surface area contributed by atoms with Crippen LogP contribution >= 0.6 is 0 Å². The van der Waals surface area contributed by atoms with Crippen LogP contribution in [0.4, 0.5) is 0 Å². The van der Waals surface area contributed by atoms with E-state index < -0.39 is 0 Å². The van der Waals surface area contributed by atoms with Gasteiger partial charge in [0.15, 0.2) is 0 Å². The minimum Gasteiger partial charge on any atom is -0.494 e. The van der Waals surface area contributed by atoms with E-state index in [9.17, 15) is 0 Å². The number of nitrogens with zero attached hydrogens (tertiary/aromatic N) is 1. The third kappa shape index (κ3) is 4.31. The lowest BCUT2D eigenvalue weighted by Crippen LogP contribution is -2.42. The van der Waals surface area contributed by atoms with E-state index >= 15 is 0 Å². The molecule has 0 amide bonds. The van der Waals surface area contributed by atoms with Crippen molar-refractivity contribution in [2.24, 2.45) is 11.7 Å². The lowest BCUT2D eigenvalue weighted by Gasteiger charge is -2.35. The molecule has 0 saturated heterocycles. The first kappa shape index (κ1) is 13.4. The van der Waals surface area contributed by atoms with Crippen LogP contribution < -0.4 is 10.5 Å². The average molecular weight is 248 g/mol. The van der Waals surface area contributed by atoms with Crippen molar-refractivity contribution in [3.05, 3.63) is 30.3 Å². The molecule has 1 aliphatic carbocycles. The van der Waals surface area contributed by atoms with Gasteiger partial charge in [-0.3, -0.25) is 0 Å². The largest absolute Gasteiger partial charge is 0.494 e. The average Bonchev–Trinajstić information content (AvgIpc) is 2.34. The molecule has 0 radical (unpaired) electrons. The van der Waals surface area contributed by atoms with Gasteiger partial charge in [0.1, 0.15) is 5.75 Å². The summed E-state index contributed by atoms with van der Waals surface area (Å²) in [4.78, 5) is 2.39. The van der Waals surface area contributed by atoms with E-state index in [1.54, 1.807) is 0 Å². The van der Waals surface area contributed by atoms with E-state index in [0.717, 1.165) is 31.2 Å². The zero-order valence-electron chi connectivity index (χ0n) is 11.2. The third-order valence-corrected chi connectivity index (χ3v) is 3.54. The molecule has 2 rings (SSSR count). The number of ether oxygens (including phenoxy) is 1. The Balaban J connectivity index is 1.52. The van der Waals surface area contributed by atoms with E-state index in [0.29, 0.717) is 6.04 Å². The van der Waals surface area contributed by atoms with Crippen molar-refractivity contribution in [2.75, 3.05) is 26.7 Å². The van der Waals surface area contributed by atoms with Gasteiger partial charge in [0.25, 0.3) is 0 Å². The molecule has 1 aromatic carbocycles. The predicted molar refractivity (Wildman–Crippen MR) is 74.8 cm³/mol. The van der Waals surface area contributed by atoms with Crippen LogP contribution in [0.2, 0.25) is 0 Å². The molecule has 100 valence electrons. The summed E-state index contributed by atoms with van der Waals surface area (Å²) in [5.41, 5.74) is 5.79. The summed E-state index contributed by atoms with van der Waals surface area (Å²) in [6.45, 7) is 3.07. The molecule has 1 fully saturated rings. The zero-order chi connectivity index (χ0) is 12.8. The first-order valence-electron chi connectivity index (χ1n) is 6.86. The molecule has 1 saturated carbocycles. The van der Waals surface area contributed by atoms with Gasteiger partial charge < -0.3 is 15.4 Å². The van der Waals surface area contributed by atoms with Crippen molar-refractivity contribution in [1.29, 1.82) is 0 Å². The second-order valence-corrected chi connectivity index (χ2v) is 5.37. The summed E-state index contributed by atoms with van der Waals surface area (Å²) < 4.78 is 5.67. The van der Waals surface area contributed by atoms with E-state index in [-0.39, 0.29) is 0 Å². The van der Waals surface area contributed by atoms with Gasteiger partial charge in [-0.1, -0.05) is 18.2 Å². The SMILES string of the molecule is CN(CCCOc1ccccc1)CC1CC(N)C1. The van der Waals surface area contributed by atoms with Crippen LogP contribution in [0, 0.1) is 5.92 Å². The van der Waals surface area contributed by atoms with E-state index in [1.165, 1.54) is 19.4 Å². The fourth-order valence-electron chi connectivity index (χ4n) is 2.51. The Hall–Kier alpha value is -1.06. The highest BCUT2D eigenvalue weighted by atomic mass is 16.5. The molecule has 0 bridgehead atoms. The number of benzene rings is 1. The molecule has 0 spiro atoms. The van der Waals surface area contributed by atoms with Gasteiger partial charge in [0, 0.05) is 19.1 Å². The van der Waals surface area contributed by atoms with Crippen molar-refractivity contribution in [2.45, 2.75) is 25.3 Å². The van der Waals surface area contributed by atoms with Gasteiger partial charge >= 0.3 is 0 Å². The first-order chi connectivity index (χ1) is 8.74. The number of hydrogen-bond acceptors (Lipinski definition) is 3. The van der Waals surface area contributed by atoms with Crippen LogP contribution in [-0.4, -0.2) is 37.7 Å². The summed E-state index contributed by atoms with van der Waals surface area (Å²) in [5, 5.41) is 0. The van der Waals surface area contributed by atoms with Gasteiger partial charge in [-0.15, -0.1) is 0 Å². The van der Waals surface area contributed by atoms with Crippen molar-refractivity contribution in [3.8, 4) is 5.75 Å². The Labute approximate surface area is 110 Å². The number of para-hydroxylation sites is 1. The molecular formula is C15H24N2O. The lowest BCUT2D eigenvalue weighted by molar-refractivity contribution is 0.174. The van der Waals surface area contributed by atoms with Crippen LogP contribution in [0.15, 0.2) is 30.3 Å². The monoisotopic (exact) mass is 248 g/mol. The molecule has 0 aromatic heterocycles.